The Morgan fingerprint density at radius 2 is 1.87 bits per heavy atom. The largest absolute Gasteiger partial charge is 0.492 e. The Morgan fingerprint density at radius 3 is 2.61 bits per heavy atom. The summed E-state index contributed by atoms with van der Waals surface area (Å²) in [6.45, 7) is 6.79. The van der Waals surface area contributed by atoms with Crippen molar-refractivity contribution < 1.29 is 19.1 Å². The van der Waals surface area contributed by atoms with Crippen molar-refractivity contribution in [2.45, 2.75) is 25.9 Å². The van der Waals surface area contributed by atoms with Crippen molar-refractivity contribution in [2.24, 2.45) is 0 Å². The summed E-state index contributed by atoms with van der Waals surface area (Å²) >= 11 is 0. The molecule has 7 heteroatoms. The number of morpholine rings is 1. The number of rotatable bonds is 10. The van der Waals surface area contributed by atoms with E-state index in [1.165, 1.54) is 6.92 Å². The van der Waals surface area contributed by atoms with Gasteiger partial charge in [0.25, 0.3) is 0 Å². The van der Waals surface area contributed by atoms with E-state index in [0.29, 0.717) is 13.2 Å². The molecule has 0 bridgehead atoms. The predicted molar refractivity (Wildman–Crippen MR) is 119 cm³/mol. The molecule has 1 unspecified atom stereocenters. The molecule has 31 heavy (non-hydrogen) atoms. The van der Waals surface area contributed by atoms with Crippen LogP contribution in [0.2, 0.25) is 0 Å². The zero-order valence-electron chi connectivity index (χ0n) is 18.0. The van der Waals surface area contributed by atoms with Crippen LogP contribution in [-0.4, -0.2) is 56.2 Å². The second-order valence-corrected chi connectivity index (χ2v) is 7.59. The summed E-state index contributed by atoms with van der Waals surface area (Å²) in [7, 11) is 0. The van der Waals surface area contributed by atoms with Gasteiger partial charge in [0.05, 0.1) is 25.7 Å². The molecule has 2 N–H and O–H groups in total. The standard InChI is InChI=1S/C24H31N3O4/c1-19(28)26-23(21-7-3-2-4-8-21)17-24(29)25-18-20-6-5-9-22(16-20)31-15-12-27-10-13-30-14-11-27/h2-9,16,23H,10-15,17-18H2,1H3,(H,25,29)(H,26,28). The minimum absolute atomic E-state index is 0.124. The van der Waals surface area contributed by atoms with Gasteiger partial charge >= 0.3 is 0 Å². The zero-order chi connectivity index (χ0) is 21.9. The molecule has 2 aromatic carbocycles. The van der Waals surface area contributed by atoms with Crippen LogP contribution < -0.4 is 15.4 Å². The van der Waals surface area contributed by atoms with Gasteiger partial charge in [0.15, 0.2) is 0 Å². The lowest BCUT2D eigenvalue weighted by atomic mass is 10.0. The van der Waals surface area contributed by atoms with Crippen molar-refractivity contribution in [3.8, 4) is 5.75 Å². The molecule has 2 amide bonds. The lowest BCUT2D eigenvalue weighted by molar-refractivity contribution is -0.122. The van der Waals surface area contributed by atoms with E-state index in [1.54, 1.807) is 0 Å². The molecule has 0 aromatic heterocycles. The van der Waals surface area contributed by atoms with Crippen LogP contribution in [0.25, 0.3) is 0 Å². The van der Waals surface area contributed by atoms with Crippen LogP contribution in [0.4, 0.5) is 0 Å². The van der Waals surface area contributed by atoms with E-state index in [4.69, 9.17) is 9.47 Å². The van der Waals surface area contributed by atoms with Crippen LogP contribution in [0.15, 0.2) is 54.6 Å². The molecule has 0 radical (unpaired) electrons. The quantitative estimate of drug-likeness (QED) is 0.611. The Morgan fingerprint density at radius 1 is 1.10 bits per heavy atom. The third kappa shape index (κ3) is 8.03. The Balaban J connectivity index is 1.46. The van der Waals surface area contributed by atoms with Crippen LogP contribution in [0.1, 0.15) is 30.5 Å². The average molecular weight is 426 g/mol. The Hall–Kier alpha value is -2.90. The fourth-order valence-corrected chi connectivity index (χ4v) is 3.50. The molecule has 1 aliphatic heterocycles. The topological polar surface area (TPSA) is 79.9 Å². The van der Waals surface area contributed by atoms with Gasteiger partial charge in [-0.1, -0.05) is 42.5 Å². The first-order valence-corrected chi connectivity index (χ1v) is 10.7. The third-order valence-electron chi connectivity index (χ3n) is 5.14. The van der Waals surface area contributed by atoms with Crippen LogP contribution in [0.3, 0.4) is 0 Å². The minimum Gasteiger partial charge on any atom is -0.492 e. The maximum Gasteiger partial charge on any atom is 0.222 e. The first kappa shape index (κ1) is 22.8. The molecule has 0 aliphatic carbocycles. The van der Waals surface area contributed by atoms with Gasteiger partial charge < -0.3 is 20.1 Å². The van der Waals surface area contributed by atoms with E-state index < -0.39 is 0 Å². The van der Waals surface area contributed by atoms with E-state index in [1.807, 2.05) is 54.6 Å². The van der Waals surface area contributed by atoms with Gasteiger partial charge in [-0.05, 0) is 23.3 Å². The molecule has 2 aromatic rings. The van der Waals surface area contributed by atoms with Crippen molar-refractivity contribution >= 4 is 11.8 Å². The van der Waals surface area contributed by atoms with Gasteiger partial charge in [-0.15, -0.1) is 0 Å². The number of hydrogen-bond acceptors (Lipinski definition) is 5. The van der Waals surface area contributed by atoms with Crippen molar-refractivity contribution in [3.63, 3.8) is 0 Å². The van der Waals surface area contributed by atoms with Crippen molar-refractivity contribution in [2.75, 3.05) is 39.5 Å². The molecule has 7 nitrogen and oxygen atoms in total. The van der Waals surface area contributed by atoms with Gasteiger partial charge in [0, 0.05) is 33.1 Å². The lowest BCUT2D eigenvalue weighted by Crippen LogP contribution is -2.38. The average Bonchev–Trinajstić information content (AvgIpc) is 2.79. The minimum atomic E-state index is -0.353. The summed E-state index contributed by atoms with van der Waals surface area (Å²) in [6.07, 6.45) is 0.180. The van der Waals surface area contributed by atoms with Gasteiger partial charge in [-0.2, -0.15) is 0 Å². The highest BCUT2D eigenvalue weighted by atomic mass is 16.5. The molecule has 3 rings (SSSR count). The summed E-state index contributed by atoms with van der Waals surface area (Å²) in [5, 5.41) is 5.79. The van der Waals surface area contributed by atoms with Gasteiger partial charge in [-0.3, -0.25) is 14.5 Å². The smallest absolute Gasteiger partial charge is 0.222 e. The zero-order valence-corrected chi connectivity index (χ0v) is 18.0. The highest BCUT2D eigenvalue weighted by Gasteiger charge is 2.17. The molecular formula is C24H31N3O4. The first-order valence-electron chi connectivity index (χ1n) is 10.7. The Bertz CT molecular complexity index is 838. The summed E-state index contributed by atoms with van der Waals surface area (Å²) < 4.78 is 11.2. The van der Waals surface area contributed by atoms with Crippen LogP contribution in [0.5, 0.6) is 5.75 Å². The monoisotopic (exact) mass is 425 g/mol. The molecule has 1 heterocycles. The maximum absolute atomic E-state index is 12.5. The van der Waals surface area contributed by atoms with E-state index in [9.17, 15) is 9.59 Å². The summed E-state index contributed by atoms with van der Waals surface area (Å²) in [6, 6.07) is 16.9. The summed E-state index contributed by atoms with van der Waals surface area (Å²) in [5.41, 5.74) is 1.87. The lowest BCUT2D eigenvalue weighted by Gasteiger charge is -2.26. The number of ether oxygens (including phenoxy) is 2. The second-order valence-electron chi connectivity index (χ2n) is 7.59. The van der Waals surface area contributed by atoms with Gasteiger partial charge in [0.1, 0.15) is 12.4 Å². The van der Waals surface area contributed by atoms with Crippen LogP contribution >= 0.6 is 0 Å². The predicted octanol–water partition coefficient (Wildman–Crippen LogP) is 2.28. The number of hydrogen-bond donors (Lipinski definition) is 2. The maximum atomic E-state index is 12.5. The number of benzene rings is 2. The Labute approximate surface area is 183 Å². The highest BCUT2D eigenvalue weighted by Crippen LogP contribution is 2.17. The first-order chi connectivity index (χ1) is 15.1. The molecule has 0 saturated carbocycles. The van der Waals surface area contributed by atoms with Gasteiger partial charge in [0.2, 0.25) is 11.8 Å². The molecule has 0 spiro atoms. The Kier molecular flexibility index (Phi) is 8.87. The molecule has 166 valence electrons. The van der Waals surface area contributed by atoms with E-state index in [0.717, 1.165) is 49.7 Å². The summed E-state index contributed by atoms with van der Waals surface area (Å²) in [4.78, 5) is 26.4. The number of nitrogens with one attached hydrogen (secondary N) is 2. The number of amides is 2. The highest BCUT2D eigenvalue weighted by molar-refractivity contribution is 5.79. The van der Waals surface area contributed by atoms with Crippen molar-refractivity contribution in [3.05, 3.63) is 65.7 Å². The molecule has 1 aliphatic rings. The van der Waals surface area contributed by atoms with Crippen molar-refractivity contribution in [1.29, 1.82) is 0 Å². The molecule has 1 saturated heterocycles. The number of carbonyl (C=O) groups is 2. The number of nitrogens with zero attached hydrogens (tertiary/aromatic N) is 1. The SMILES string of the molecule is CC(=O)NC(CC(=O)NCc1cccc(OCCN2CCOCC2)c1)c1ccccc1. The third-order valence-corrected chi connectivity index (χ3v) is 5.14. The van der Waals surface area contributed by atoms with Gasteiger partial charge in [-0.25, -0.2) is 0 Å². The molecule has 1 atom stereocenters. The molecule has 1 fully saturated rings. The normalized spacial score (nSPS) is 15.1. The summed E-state index contributed by atoms with van der Waals surface area (Å²) in [5.74, 6) is 0.505. The van der Waals surface area contributed by atoms with Crippen LogP contribution in [0, 0.1) is 0 Å². The van der Waals surface area contributed by atoms with E-state index in [2.05, 4.69) is 15.5 Å². The number of carbonyl (C=O) groups excluding carboxylic acids is 2. The fourth-order valence-electron chi connectivity index (χ4n) is 3.50. The van der Waals surface area contributed by atoms with E-state index in [-0.39, 0.29) is 24.3 Å². The second kappa shape index (κ2) is 12.1. The van der Waals surface area contributed by atoms with Crippen LogP contribution in [-0.2, 0) is 20.9 Å². The van der Waals surface area contributed by atoms with E-state index >= 15 is 0 Å². The molecular weight excluding hydrogens is 394 g/mol. The van der Waals surface area contributed by atoms with Crippen molar-refractivity contribution in [1.82, 2.24) is 15.5 Å². The fraction of sp³-hybridized carbons (Fsp3) is 0.417.